The normalized spacial score (nSPS) is 14.2. The highest BCUT2D eigenvalue weighted by Crippen LogP contribution is 2.29. The number of carbonyl (C=O) groups excluding carboxylic acids is 1. The Balaban J connectivity index is 0.00000300. The smallest absolute Gasteiger partial charge is 0.258 e. The van der Waals surface area contributed by atoms with Crippen LogP contribution in [0.4, 0.5) is 5.95 Å². The first-order valence-electron chi connectivity index (χ1n) is 9.95. The van der Waals surface area contributed by atoms with Crippen LogP contribution in [0.5, 0.6) is 11.5 Å². The molecule has 8 nitrogen and oxygen atoms in total. The second-order valence-corrected chi connectivity index (χ2v) is 6.84. The number of nitrogens with one attached hydrogen (secondary N) is 2. The van der Waals surface area contributed by atoms with Gasteiger partial charge in [0.1, 0.15) is 0 Å². The summed E-state index contributed by atoms with van der Waals surface area (Å²) in [5, 5.41) is 10.7. The van der Waals surface area contributed by atoms with Gasteiger partial charge in [-0.05, 0) is 57.5 Å². The summed E-state index contributed by atoms with van der Waals surface area (Å²) in [5.74, 6) is 2.53. The van der Waals surface area contributed by atoms with Crippen LogP contribution < -0.4 is 20.1 Å². The summed E-state index contributed by atoms with van der Waals surface area (Å²) in [5.41, 5.74) is 0.485. The molecule has 0 bridgehead atoms. The van der Waals surface area contributed by atoms with Crippen LogP contribution in [0, 0.1) is 0 Å². The first-order valence-corrected chi connectivity index (χ1v) is 9.95. The summed E-state index contributed by atoms with van der Waals surface area (Å²) < 4.78 is 13.0. The molecular formula is C20H30ClN5O3. The molecule has 160 valence electrons. The van der Waals surface area contributed by atoms with E-state index in [0.29, 0.717) is 42.1 Å². The SMILES string of the molecule is CCCOc1ccc(C(=O)Nc2nc(C3CCNCC3)nn2C)cc1OCC.Cl. The molecule has 9 heteroatoms. The van der Waals surface area contributed by atoms with E-state index in [0.717, 1.165) is 38.2 Å². The van der Waals surface area contributed by atoms with Gasteiger partial charge in [0.2, 0.25) is 5.95 Å². The minimum atomic E-state index is -0.254. The van der Waals surface area contributed by atoms with Crippen molar-refractivity contribution in [2.45, 2.75) is 39.0 Å². The maximum absolute atomic E-state index is 12.7. The molecule has 29 heavy (non-hydrogen) atoms. The quantitative estimate of drug-likeness (QED) is 0.677. The number of benzene rings is 1. The number of ether oxygens (including phenoxy) is 2. The Labute approximate surface area is 177 Å². The van der Waals surface area contributed by atoms with Crippen LogP contribution in [-0.4, -0.2) is 47.0 Å². The van der Waals surface area contributed by atoms with Crippen LogP contribution in [0.25, 0.3) is 0 Å². The largest absolute Gasteiger partial charge is 0.490 e. The van der Waals surface area contributed by atoms with Crippen molar-refractivity contribution < 1.29 is 14.3 Å². The summed E-state index contributed by atoms with van der Waals surface area (Å²) in [6.07, 6.45) is 2.92. The van der Waals surface area contributed by atoms with Crippen LogP contribution >= 0.6 is 12.4 Å². The number of hydrogen-bond donors (Lipinski definition) is 2. The van der Waals surface area contributed by atoms with Gasteiger partial charge in [-0.25, -0.2) is 4.68 Å². The lowest BCUT2D eigenvalue weighted by Gasteiger charge is -2.19. The lowest BCUT2D eigenvalue weighted by Crippen LogP contribution is -2.27. The van der Waals surface area contributed by atoms with E-state index < -0.39 is 0 Å². The van der Waals surface area contributed by atoms with E-state index in [2.05, 4.69) is 20.7 Å². The van der Waals surface area contributed by atoms with Crippen molar-refractivity contribution >= 4 is 24.3 Å². The average Bonchev–Trinajstić information content (AvgIpc) is 3.08. The minimum Gasteiger partial charge on any atom is -0.490 e. The molecule has 1 aliphatic rings. The van der Waals surface area contributed by atoms with Crippen molar-refractivity contribution in [1.82, 2.24) is 20.1 Å². The number of amides is 1. The van der Waals surface area contributed by atoms with Crippen LogP contribution in [0.2, 0.25) is 0 Å². The third-order valence-electron chi connectivity index (χ3n) is 4.68. The molecule has 0 aliphatic carbocycles. The average molecular weight is 424 g/mol. The number of hydrogen-bond acceptors (Lipinski definition) is 6. The molecule has 1 saturated heterocycles. The number of aromatic nitrogens is 3. The van der Waals surface area contributed by atoms with Gasteiger partial charge in [0.15, 0.2) is 17.3 Å². The summed E-state index contributed by atoms with van der Waals surface area (Å²) >= 11 is 0. The topological polar surface area (TPSA) is 90.3 Å². The van der Waals surface area contributed by atoms with Crippen molar-refractivity contribution in [2.75, 3.05) is 31.6 Å². The fourth-order valence-electron chi connectivity index (χ4n) is 3.19. The van der Waals surface area contributed by atoms with Gasteiger partial charge in [0.05, 0.1) is 13.2 Å². The van der Waals surface area contributed by atoms with Gasteiger partial charge in [-0.3, -0.25) is 10.1 Å². The summed E-state index contributed by atoms with van der Waals surface area (Å²) in [4.78, 5) is 17.3. The van der Waals surface area contributed by atoms with Gasteiger partial charge >= 0.3 is 0 Å². The lowest BCUT2D eigenvalue weighted by atomic mass is 9.98. The molecule has 2 heterocycles. The second kappa shape index (κ2) is 11.0. The molecule has 3 rings (SSSR count). The molecule has 1 aliphatic heterocycles. The number of anilines is 1. The van der Waals surface area contributed by atoms with E-state index >= 15 is 0 Å². The highest BCUT2D eigenvalue weighted by atomic mass is 35.5. The molecular weight excluding hydrogens is 394 g/mol. The maximum Gasteiger partial charge on any atom is 0.258 e. The van der Waals surface area contributed by atoms with Crippen molar-refractivity contribution in [1.29, 1.82) is 0 Å². The Bertz CT molecular complexity index is 805. The Morgan fingerprint density at radius 1 is 1.24 bits per heavy atom. The van der Waals surface area contributed by atoms with E-state index in [1.807, 2.05) is 13.8 Å². The predicted octanol–water partition coefficient (Wildman–Crippen LogP) is 3.14. The first-order chi connectivity index (χ1) is 13.6. The summed E-state index contributed by atoms with van der Waals surface area (Å²) in [7, 11) is 1.79. The Hall–Kier alpha value is -2.32. The third-order valence-corrected chi connectivity index (χ3v) is 4.68. The fraction of sp³-hybridized carbons (Fsp3) is 0.550. The minimum absolute atomic E-state index is 0. The zero-order valence-electron chi connectivity index (χ0n) is 17.2. The summed E-state index contributed by atoms with van der Waals surface area (Å²) in [6, 6.07) is 5.20. The van der Waals surface area contributed by atoms with Crippen molar-refractivity contribution in [3.63, 3.8) is 0 Å². The first kappa shape index (κ1) is 23.0. The molecule has 0 spiro atoms. The Kier molecular flexibility index (Phi) is 8.72. The van der Waals surface area contributed by atoms with E-state index in [1.54, 1.807) is 29.9 Å². The van der Waals surface area contributed by atoms with Crippen molar-refractivity contribution in [2.24, 2.45) is 7.05 Å². The zero-order chi connectivity index (χ0) is 19.9. The van der Waals surface area contributed by atoms with Crippen molar-refractivity contribution in [3.8, 4) is 11.5 Å². The molecule has 1 amide bonds. The molecule has 1 aromatic heterocycles. The standard InChI is InChI=1S/C20H29N5O3.ClH/c1-4-12-28-16-7-6-15(13-17(16)27-5-2)19(26)23-20-22-18(24-25(20)3)14-8-10-21-11-9-14;/h6-7,13-14,21H,4-5,8-12H2,1-3H3,(H,22,23,24,26);1H. The van der Waals surface area contributed by atoms with Crippen LogP contribution in [0.15, 0.2) is 18.2 Å². The van der Waals surface area contributed by atoms with Crippen LogP contribution in [-0.2, 0) is 7.05 Å². The third kappa shape index (κ3) is 5.83. The highest BCUT2D eigenvalue weighted by molar-refractivity contribution is 6.03. The molecule has 2 N–H and O–H groups in total. The Morgan fingerprint density at radius 3 is 2.69 bits per heavy atom. The number of nitrogens with zero attached hydrogens (tertiary/aromatic N) is 3. The number of rotatable bonds is 8. The molecule has 1 aromatic carbocycles. The van der Waals surface area contributed by atoms with Gasteiger partial charge in [-0.2, -0.15) is 10.1 Å². The number of piperidine rings is 1. The van der Waals surface area contributed by atoms with Gasteiger partial charge < -0.3 is 14.8 Å². The lowest BCUT2D eigenvalue weighted by molar-refractivity contribution is 0.102. The van der Waals surface area contributed by atoms with Gasteiger partial charge in [0, 0.05) is 18.5 Å². The predicted molar refractivity (Wildman–Crippen MR) is 114 cm³/mol. The van der Waals surface area contributed by atoms with Gasteiger partial charge in [-0.15, -0.1) is 12.4 Å². The maximum atomic E-state index is 12.7. The number of aryl methyl sites for hydroxylation is 1. The summed E-state index contributed by atoms with van der Waals surface area (Å²) in [6.45, 7) is 6.98. The fourth-order valence-corrected chi connectivity index (χ4v) is 3.19. The number of halogens is 1. The molecule has 0 saturated carbocycles. The van der Waals surface area contributed by atoms with E-state index in [1.165, 1.54) is 0 Å². The van der Waals surface area contributed by atoms with E-state index in [-0.39, 0.29) is 18.3 Å². The molecule has 0 atom stereocenters. The molecule has 0 radical (unpaired) electrons. The molecule has 0 unspecified atom stereocenters. The van der Waals surface area contributed by atoms with Crippen LogP contribution in [0.1, 0.15) is 55.2 Å². The van der Waals surface area contributed by atoms with Gasteiger partial charge in [-0.1, -0.05) is 6.92 Å². The van der Waals surface area contributed by atoms with Gasteiger partial charge in [0.25, 0.3) is 5.91 Å². The van der Waals surface area contributed by atoms with E-state index in [4.69, 9.17) is 9.47 Å². The second-order valence-electron chi connectivity index (χ2n) is 6.84. The van der Waals surface area contributed by atoms with E-state index in [9.17, 15) is 4.79 Å². The number of carbonyl (C=O) groups is 1. The Morgan fingerprint density at radius 2 is 2.00 bits per heavy atom. The highest BCUT2D eigenvalue weighted by Gasteiger charge is 2.22. The monoisotopic (exact) mass is 423 g/mol. The molecule has 1 fully saturated rings. The molecule has 2 aromatic rings. The zero-order valence-corrected chi connectivity index (χ0v) is 18.1. The van der Waals surface area contributed by atoms with Crippen LogP contribution in [0.3, 0.4) is 0 Å². The van der Waals surface area contributed by atoms with Crippen molar-refractivity contribution in [3.05, 3.63) is 29.6 Å².